The van der Waals surface area contributed by atoms with E-state index in [0.29, 0.717) is 34.9 Å². The standard InChI is InChI=1S/C24H23ClN4O2/c1-15-7-3-6-10-19(15)28-21-20(13-16(14-27-21)22(30)26-2)29-23(31)24(11-12-24)17-8-4-5-9-18(17)25/h3-10,13-14H,11-12H2,1-2H3,(H,26,30)(H,27,28)(H,29,31). The highest BCUT2D eigenvalue weighted by Crippen LogP contribution is 2.51. The van der Waals surface area contributed by atoms with Crippen LogP contribution in [0.1, 0.15) is 34.3 Å². The molecule has 0 unspecified atom stereocenters. The molecule has 6 nitrogen and oxygen atoms in total. The first-order valence-electron chi connectivity index (χ1n) is 10.1. The fourth-order valence-corrected chi connectivity index (χ4v) is 3.92. The van der Waals surface area contributed by atoms with Crippen molar-refractivity contribution in [3.63, 3.8) is 0 Å². The van der Waals surface area contributed by atoms with Crippen molar-refractivity contribution in [2.75, 3.05) is 17.7 Å². The first kappa shape index (κ1) is 20.9. The summed E-state index contributed by atoms with van der Waals surface area (Å²) < 4.78 is 0. The second kappa shape index (κ2) is 8.40. The van der Waals surface area contributed by atoms with Gasteiger partial charge in [-0.05, 0) is 49.1 Å². The summed E-state index contributed by atoms with van der Waals surface area (Å²) in [6.07, 6.45) is 2.91. The van der Waals surface area contributed by atoms with E-state index in [-0.39, 0.29) is 11.8 Å². The molecule has 7 heteroatoms. The highest BCUT2D eigenvalue weighted by atomic mass is 35.5. The topological polar surface area (TPSA) is 83.1 Å². The van der Waals surface area contributed by atoms with Crippen molar-refractivity contribution in [1.29, 1.82) is 0 Å². The normalized spacial score (nSPS) is 13.9. The van der Waals surface area contributed by atoms with E-state index in [1.165, 1.54) is 6.20 Å². The molecular formula is C24H23ClN4O2. The van der Waals surface area contributed by atoms with Crippen LogP contribution in [0.3, 0.4) is 0 Å². The average molecular weight is 435 g/mol. The van der Waals surface area contributed by atoms with Crippen LogP contribution in [0.5, 0.6) is 0 Å². The lowest BCUT2D eigenvalue weighted by molar-refractivity contribution is -0.118. The first-order valence-corrected chi connectivity index (χ1v) is 10.4. The molecule has 2 amide bonds. The predicted octanol–water partition coefficient (Wildman–Crippen LogP) is 4.82. The van der Waals surface area contributed by atoms with Gasteiger partial charge in [0.2, 0.25) is 5.91 Å². The number of benzene rings is 2. The number of hydrogen-bond acceptors (Lipinski definition) is 4. The Kier molecular flexibility index (Phi) is 5.65. The summed E-state index contributed by atoms with van der Waals surface area (Å²) in [5.41, 5.74) is 2.85. The van der Waals surface area contributed by atoms with E-state index in [0.717, 1.165) is 16.8 Å². The minimum absolute atomic E-state index is 0.163. The first-order chi connectivity index (χ1) is 14.9. The van der Waals surface area contributed by atoms with Crippen molar-refractivity contribution < 1.29 is 9.59 Å². The molecule has 1 fully saturated rings. The number of halogens is 1. The van der Waals surface area contributed by atoms with E-state index in [1.54, 1.807) is 19.2 Å². The molecule has 1 saturated carbocycles. The lowest BCUT2D eigenvalue weighted by Crippen LogP contribution is -2.29. The van der Waals surface area contributed by atoms with Gasteiger partial charge < -0.3 is 16.0 Å². The molecule has 3 aromatic rings. The summed E-state index contributed by atoms with van der Waals surface area (Å²) in [5.74, 6) is 0.0206. The number of hydrogen-bond donors (Lipinski definition) is 3. The Balaban J connectivity index is 1.68. The van der Waals surface area contributed by atoms with Crippen molar-refractivity contribution in [2.45, 2.75) is 25.2 Å². The Hall–Kier alpha value is -3.38. The molecule has 0 bridgehead atoms. The van der Waals surface area contributed by atoms with E-state index in [2.05, 4.69) is 20.9 Å². The maximum Gasteiger partial charge on any atom is 0.252 e. The van der Waals surface area contributed by atoms with Crippen LogP contribution in [0.2, 0.25) is 5.02 Å². The quantitative estimate of drug-likeness (QED) is 0.519. The average Bonchev–Trinajstić information content (AvgIpc) is 3.58. The SMILES string of the molecule is CNC(=O)c1cnc(Nc2ccccc2C)c(NC(=O)C2(c3ccccc3Cl)CC2)c1. The maximum absolute atomic E-state index is 13.3. The van der Waals surface area contributed by atoms with Crippen LogP contribution in [0.4, 0.5) is 17.2 Å². The molecular weight excluding hydrogens is 412 g/mol. The van der Waals surface area contributed by atoms with Gasteiger partial charge >= 0.3 is 0 Å². The Morgan fingerprint density at radius 1 is 1.03 bits per heavy atom. The second-order valence-corrected chi connectivity index (χ2v) is 8.06. The number of pyridine rings is 1. The van der Waals surface area contributed by atoms with E-state index in [1.807, 2.05) is 49.4 Å². The molecule has 158 valence electrons. The van der Waals surface area contributed by atoms with Gasteiger partial charge in [-0.3, -0.25) is 9.59 Å². The van der Waals surface area contributed by atoms with Crippen LogP contribution in [0.15, 0.2) is 60.8 Å². The Bertz CT molecular complexity index is 1160. The van der Waals surface area contributed by atoms with Crippen LogP contribution in [-0.4, -0.2) is 23.8 Å². The molecule has 3 N–H and O–H groups in total. The molecule has 4 rings (SSSR count). The minimum Gasteiger partial charge on any atom is -0.355 e. The highest BCUT2D eigenvalue weighted by molar-refractivity contribution is 6.32. The van der Waals surface area contributed by atoms with Crippen molar-refractivity contribution >= 4 is 40.6 Å². The van der Waals surface area contributed by atoms with Gasteiger partial charge in [-0.1, -0.05) is 48.0 Å². The minimum atomic E-state index is -0.665. The number of carbonyl (C=O) groups excluding carboxylic acids is 2. The maximum atomic E-state index is 13.3. The highest BCUT2D eigenvalue weighted by Gasteiger charge is 2.52. The molecule has 31 heavy (non-hydrogen) atoms. The zero-order valence-electron chi connectivity index (χ0n) is 17.3. The zero-order valence-corrected chi connectivity index (χ0v) is 18.1. The number of rotatable bonds is 6. The molecule has 0 atom stereocenters. The fraction of sp³-hybridized carbons (Fsp3) is 0.208. The van der Waals surface area contributed by atoms with Gasteiger partial charge in [0.1, 0.15) is 0 Å². The van der Waals surface area contributed by atoms with Gasteiger partial charge in [-0.25, -0.2) is 4.98 Å². The van der Waals surface area contributed by atoms with Crippen molar-refractivity contribution in [2.24, 2.45) is 0 Å². The van der Waals surface area contributed by atoms with Gasteiger partial charge in [0.15, 0.2) is 5.82 Å². The number of aryl methyl sites for hydroxylation is 1. The largest absolute Gasteiger partial charge is 0.355 e. The lowest BCUT2D eigenvalue weighted by atomic mass is 9.94. The van der Waals surface area contributed by atoms with E-state index >= 15 is 0 Å². The number of para-hydroxylation sites is 1. The molecule has 1 aliphatic carbocycles. The van der Waals surface area contributed by atoms with Crippen LogP contribution in [-0.2, 0) is 10.2 Å². The summed E-state index contributed by atoms with van der Waals surface area (Å²) in [6.45, 7) is 1.98. The summed E-state index contributed by atoms with van der Waals surface area (Å²) >= 11 is 6.38. The summed E-state index contributed by atoms with van der Waals surface area (Å²) in [5, 5.41) is 9.43. The molecule has 2 aromatic carbocycles. The van der Waals surface area contributed by atoms with Gasteiger partial charge in [0.05, 0.1) is 16.7 Å². The Morgan fingerprint density at radius 3 is 2.42 bits per heavy atom. The van der Waals surface area contributed by atoms with E-state index in [9.17, 15) is 9.59 Å². The van der Waals surface area contributed by atoms with Crippen molar-refractivity contribution in [3.8, 4) is 0 Å². The van der Waals surface area contributed by atoms with Gasteiger partial charge in [-0.15, -0.1) is 0 Å². The third-order valence-corrected chi connectivity index (χ3v) is 5.93. The number of carbonyl (C=O) groups is 2. The number of nitrogens with zero attached hydrogens (tertiary/aromatic N) is 1. The van der Waals surface area contributed by atoms with Crippen LogP contribution >= 0.6 is 11.6 Å². The van der Waals surface area contributed by atoms with Crippen LogP contribution < -0.4 is 16.0 Å². The fourth-order valence-electron chi connectivity index (χ4n) is 3.60. The van der Waals surface area contributed by atoms with Gasteiger partial charge in [0.25, 0.3) is 5.91 Å². The number of amides is 2. The Labute approximate surface area is 186 Å². The molecule has 0 saturated heterocycles. The van der Waals surface area contributed by atoms with E-state index in [4.69, 9.17) is 11.6 Å². The second-order valence-electron chi connectivity index (χ2n) is 7.66. The third-order valence-electron chi connectivity index (χ3n) is 5.60. The lowest BCUT2D eigenvalue weighted by Gasteiger charge is -2.19. The molecule has 1 aromatic heterocycles. The smallest absolute Gasteiger partial charge is 0.252 e. The summed E-state index contributed by atoms with van der Waals surface area (Å²) in [7, 11) is 1.55. The van der Waals surface area contributed by atoms with Crippen molar-refractivity contribution in [1.82, 2.24) is 10.3 Å². The molecule has 0 aliphatic heterocycles. The number of nitrogens with one attached hydrogen (secondary N) is 3. The third kappa shape index (κ3) is 4.11. The number of anilines is 3. The molecule has 1 heterocycles. The van der Waals surface area contributed by atoms with Gasteiger partial charge in [0, 0.05) is 24.0 Å². The van der Waals surface area contributed by atoms with Crippen LogP contribution in [0.25, 0.3) is 0 Å². The van der Waals surface area contributed by atoms with Gasteiger partial charge in [-0.2, -0.15) is 0 Å². The monoisotopic (exact) mass is 434 g/mol. The van der Waals surface area contributed by atoms with Crippen LogP contribution in [0, 0.1) is 6.92 Å². The summed E-state index contributed by atoms with van der Waals surface area (Å²) in [4.78, 5) is 29.9. The molecule has 0 radical (unpaired) electrons. The Morgan fingerprint density at radius 2 is 1.74 bits per heavy atom. The number of aromatic nitrogens is 1. The zero-order chi connectivity index (χ0) is 22.0. The van der Waals surface area contributed by atoms with E-state index < -0.39 is 5.41 Å². The summed E-state index contributed by atoms with van der Waals surface area (Å²) in [6, 6.07) is 16.8. The molecule has 0 spiro atoms. The molecule has 1 aliphatic rings. The predicted molar refractivity (Wildman–Crippen MR) is 123 cm³/mol. The van der Waals surface area contributed by atoms with Crippen molar-refractivity contribution in [3.05, 3.63) is 82.5 Å².